The molecule has 1 aromatic heterocycles. The van der Waals surface area contributed by atoms with E-state index in [2.05, 4.69) is 18.0 Å². The minimum atomic E-state index is -0.723. The first kappa shape index (κ1) is 28.5. The van der Waals surface area contributed by atoms with Crippen LogP contribution < -0.4 is 9.64 Å². The number of nitrogens with zero attached hydrogens (tertiary/aromatic N) is 3. The second-order valence-corrected chi connectivity index (χ2v) is 10.2. The first-order valence-corrected chi connectivity index (χ1v) is 13.6. The van der Waals surface area contributed by atoms with Gasteiger partial charge in [-0.15, -0.1) is 0 Å². The third-order valence-corrected chi connectivity index (χ3v) is 7.47. The summed E-state index contributed by atoms with van der Waals surface area (Å²) in [5, 5.41) is 9.21. The van der Waals surface area contributed by atoms with E-state index in [4.69, 9.17) is 9.47 Å². The Morgan fingerprint density at radius 1 is 1.10 bits per heavy atom. The lowest BCUT2D eigenvalue weighted by atomic mass is 10.1. The number of hydrogen-bond donors (Lipinski definition) is 0. The Balaban J connectivity index is 1.41. The largest absolute Gasteiger partial charge is 0.496 e. The molecule has 3 aromatic rings. The molecule has 0 N–H and O–H groups in total. The Bertz CT molecular complexity index is 1480. The number of carbonyl (C=O) groups is 4. The van der Waals surface area contributed by atoms with Crippen LogP contribution in [0.4, 0.5) is 5.69 Å². The second kappa shape index (κ2) is 13.0. The van der Waals surface area contributed by atoms with Gasteiger partial charge in [0.2, 0.25) is 17.6 Å². The van der Waals surface area contributed by atoms with Crippen molar-refractivity contribution in [3.05, 3.63) is 83.0 Å². The first-order valence-electron chi connectivity index (χ1n) is 12.7. The van der Waals surface area contributed by atoms with Gasteiger partial charge in [0.1, 0.15) is 16.8 Å². The fourth-order valence-corrected chi connectivity index (χ4v) is 5.28. The predicted octanol–water partition coefficient (Wildman–Crippen LogP) is 4.77. The molecule has 4 rings (SSSR count). The van der Waals surface area contributed by atoms with E-state index < -0.39 is 29.5 Å². The number of benzene rings is 2. The molecule has 1 atom stereocenters. The minimum absolute atomic E-state index is 0.0376. The predicted molar refractivity (Wildman–Crippen MR) is 148 cm³/mol. The Morgan fingerprint density at radius 3 is 2.55 bits per heavy atom. The summed E-state index contributed by atoms with van der Waals surface area (Å²) >= 11 is 1.12. The Labute approximate surface area is 236 Å². The summed E-state index contributed by atoms with van der Waals surface area (Å²) in [6.07, 6.45) is 2.69. The average molecular weight is 558 g/mol. The van der Waals surface area contributed by atoms with Crippen molar-refractivity contribution < 1.29 is 28.7 Å². The summed E-state index contributed by atoms with van der Waals surface area (Å²) in [6.45, 7) is 1.61. The maximum atomic E-state index is 13.2. The van der Waals surface area contributed by atoms with E-state index in [0.717, 1.165) is 41.6 Å². The van der Waals surface area contributed by atoms with Gasteiger partial charge in [-0.2, -0.15) is 5.26 Å². The van der Waals surface area contributed by atoms with Gasteiger partial charge in [0.05, 0.1) is 34.7 Å². The molecule has 1 aliphatic rings. The molecule has 2 amide bonds. The van der Waals surface area contributed by atoms with Crippen molar-refractivity contribution >= 4 is 41.0 Å². The van der Waals surface area contributed by atoms with Gasteiger partial charge < -0.3 is 9.47 Å². The molecule has 1 unspecified atom stereocenters. The van der Waals surface area contributed by atoms with Crippen molar-refractivity contribution in [1.29, 1.82) is 5.26 Å². The van der Waals surface area contributed by atoms with E-state index >= 15 is 0 Å². The smallest absolute Gasteiger partial charge is 0.338 e. The number of thioether (sulfide) groups is 1. The number of anilines is 1. The first-order chi connectivity index (χ1) is 19.4. The van der Waals surface area contributed by atoms with Crippen molar-refractivity contribution in [2.75, 3.05) is 18.6 Å². The van der Waals surface area contributed by atoms with Crippen LogP contribution in [0.2, 0.25) is 0 Å². The number of amides is 2. The number of pyridine rings is 1. The summed E-state index contributed by atoms with van der Waals surface area (Å²) in [4.78, 5) is 56.6. The van der Waals surface area contributed by atoms with E-state index in [-0.39, 0.29) is 17.9 Å². The number of esters is 1. The van der Waals surface area contributed by atoms with Gasteiger partial charge in [-0.3, -0.25) is 14.4 Å². The lowest BCUT2D eigenvalue weighted by molar-refractivity contribution is -0.121. The fourth-order valence-electron chi connectivity index (χ4n) is 4.17. The number of aryl methyl sites for hydroxylation is 1. The molecule has 204 valence electrons. The molecule has 10 heteroatoms. The summed E-state index contributed by atoms with van der Waals surface area (Å²) in [7, 11) is 1.45. The van der Waals surface area contributed by atoms with Gasteiger partial charge >= 0.3 is 5.97 Å². The summed E-state index contributed by atoms with van der Waals surface area (Å²) in [6, 6.07) is 18.1. The normalized spacial score (nSPS) is 14.6. The fraction of sp³-hybridized carbons (Fsp3) is 0.267. The van der Waals surface area contributed by atoms with E-state index in [1.54, 1.807) is 30.3 Å². The van der Waals surface area contributed by atoms with Crippen LogP contribution in [-0.2, 0) is 20.7 Å². The molecular formula is C30H27N3O6S. The molecule has 0 aliphatic carbocycles. The highest BCUT2D eigenvalue weighted by molar-refractivity contribution is 8.00. The molecule has 0 spiro atoms. The lowest BCUT2D eigenvalue weighted by Crippen LogP contribution is -2.31. The molecule has 1 fully saturated rings. The van der Waals surface area contributed by atoms with Gasteiger partial charge in [0, 0.05) is 12.1 Å². The summed E-state index contributed by atoms with van der Waals surface area (Å²) in [5.41, 5.74) is 1.97. The molecule has 2 heterocycles. The zero-order chi connectivity index (χ0) is 28.6. The highest BCUT2D eigenvalue weighted by Gasteiger charge is 2.40. The summed E-state index contributed by atoms with van der Waals surface area (Å²) in [5.74, 6) is -1.56. The Morgan fingerprint density at radius 2 is 1.85 bits per heavy atom. The zero-order valence-corrected chi connectivity index (χ0v) is 22.9. The van der Waals surface area contributed by atoms with Crippen molar-refractivity contribution in [3.8, 4) is 11.8 Å². The van der Waals surface area contributed by atoms with Crippen LogP contribution >= 0.6 is 11.8 Å². The Hall–Kier alpha value is -4.49. The van der Waals surface area contributed by atoms with Crippen LogP contribution in [0.15, 0.2) is 65.7 Å². The number of ketones is 1. The number of aromatic nitrogens is 1. The number of nitriles is 1. The van der Waals surface area contributed by atoms with Crippen molar-refractivity contribution in [1.82, 2.24) is 4.98 Å². The van der Waals surface area contributed by atoms with Crippen LogP contribution in [0.1, 0.15) is 58.2 Å². The quantitative estimate of drug-likeness (QED) is 0.186. The van der Waals surface area contributed by atoms with Crippen molar-refractivity contribution in [3.63, 3.8) is 0 Å². The Kier molecular flexibility index (Phi) is 9.30. The SMILES string of the molecule is CCCCc1ccc(C#N)c(SC2CC(=O)N(c3ccc(C(=O)OCC(=O)c4ccccc4OC)cc3)C2=O)n1. The third kappa shape index (κ3) is 6.38. The monoisotopic (exact) mass is 557 g/mol. The molecule has 40 heavy (non-hydrogen) atoms. The molecule has 1 aliphatic heterocycles. The maximum Gasteiger partial charge on any atom is 0.338 e. The highest BCUT2D eigenvalue weighted by atomic mass is 32.2. The number of ether oxygens (including phenoxy) is 2. The number of imide groups is 1. The van der Waals surface area contributed by atoms with Crippen molar-refractivity contribution in [2.24, 2.45) is 0 Å². The van der Waals surface area contributed by atoms with E-state index in [1.165, 1.54) is 31.4 Å². The highest BCUT2D eigenvalue weighted by Crippen LogP contribution is 2.35. The molecule has 9 nitrogen and oxygen atoms in total. The zero-order valence-electron chi connectivity index (χ0n) is 22.1. The van der Waals surface area contributed by atoms with Crippen LogP contribution in [0, 0.1) is 11.3 Å². The number of para-hydroxylation sites is 1. The van der Waals surface area contributed by atoms with Gasteiger partial charge in [0.25, 0.3) is 0 Å². The molecule has 0 saturated carbocycles. The van der Waals surface area contributed by atoms with Crippen LogP contribution in [0.5, 0.6) is 5.75 Å². The standard InChI is InChI=1S/C30H27N3O6S/c1-3-4-7-21-13-10-20(17-31)28(32-21)40-26-16-27(35)33(29(26)36)22-14-11-19(12-15-22)30(37)39-18-24(34)23-8-5-6-9-25(23)38-2/h5-6,8-15,26H,3-4,7,16,18H2,1-2H3. The number of carbonyl (C=O) groups excluding carboxylic acids is 4. The van der Waals surface area contributed by atoms with E-state index in [1.807, 2.05) is 6.07 Å². The van der Waals surface area contributed by atoms with E-state index in [0.29, 0.717) is 27.6 Å². The van der Waals surface area contributed by atoms with Crippen LogP contribution in [0.25, 0.3) is 0 Å². The molecular weight excluding hydrogens is 530 g/mol. The number of methoxy groups -OCH3 is 1. The molecule has 2 aromatic carbocycles. The minimum Gasteiger partial charge on any atom is -0.496 e. The average Bonchev–Trinajstić information content (AvgIpc) is 3.26. The second-order valence-electron chi connectivity index (χ2n) is 9.00. The number of Topliss-reactive ketones (excluding diaryl/α,β-unsaturated/α-hetero) is 1. The van der Waals surface area contributed by atoms with Crippen LogP contribution in [0.3, 0.4) is 0 Å². The molecule has 1 saturated heterocycles. The number of hydrogen-bond acceptors (Lipinski definition) is 9. The number of unbranched alkanes of at least 4 members (excludes halogenated alkanes) is 1. The van der Waals surface area contributed by atoms with Gasteiger partial charge in [-0.25, -0.2) is 14.7 Å². The molecule has 0 radical (unpaired) electrons. The van der Waals surface area contributed by atoms with Crippen LogP contribution in [-0.4, -0.2) is 47.5 Å². The van der Waals surface area contributed by atoms with Gasteiger partial charge in [-0.05, 0) is 61.4 Å². The summed E-state index contributed by atoms with van der Waals surface area (Å²) < 4.78 is 10.3. The van der Waals surface area contributed by atoms with Crippen molar-refractivity contribution in [2.45, 2.75) is 42.9 Å². The number of rotatable bonds is 11. The third-order valence-electron chi connectivity index (χ3n) is 6.29. The van der Waals surface area contributed by atoms with E-state index in [9.17, 15) is 24.4 Å². The maximum absolute atomic E-state index is 13.2. The van der Waals surface area contributed by atoms with Gasteiger partial charge in [-0.1, -0.05) is 37.2 Å². The van der Waals surface area contributed by atoms with Gasteiger partial charge in [0.15, 0.2) is 6.61 Å². The topological polar surface area (TPSA) is 127 Å². The lowest BCUT2D eigenvalue weighted by Gasteiger charge is -2.15. The molecule has 0 bridgehead atoms.